The van der Waals surface area contributed by atoms with E-state index in [-0.39, 0.29) is 29.1 Å². The Bertz CT molecular complexity index is 883. The highest BCUT2D eigenvalue weighted by atomic mass is 16.6. The van der Waals surface area contributed by atoms with Gasteiger partial charge in [0, 0.05) is 24.4 Å². The molecule has 2 atom stereocenters. The molecule has 2 aromatic carbocycles. The Morgan fingerprint density at radius 3 is 2.46 bits per heavy atom. The fourth-order valence-electron chi connectivity index (χ4n) is 3.82. The number of nitro benzene ring substituents is 1. The normalized spacial score (nSPS) is 22.6. The molecule has 0 spiro atoms. The summed E-state index contributed by atoms with van der Waals surface area (Å²) in [6.45, 7) is 0.742. The number of hydrogen-bond donors (Lipinski definition) is 2. The molecule has 2 aliphatic rings. The van der Waals surface area contributed by atoms with Crippen LogP contribution in [0.5, 0.6) is 11.5 Å². The summed E-state index contributed by atoms with van der Waals surface area (Å²) in [7, 11) is 0. The van der Waals surface area contributed by atoms with E-state index in [1.165, 1.54) is 24.3 Å². The Balaban J connectivity index is 1.78. The molecular weight excluding hydrogens is 338 g/mol. The first-order valence-corrected chi connectivity index (χ1v) is 8.32. The molecule has 2 aliphatic heterocycles. The zero-order valence-corrected chi connectivity index (χ0v) is 13.8. The molecule has 26 heavy (non-hydrogen) atoms. The molecule has 2 aromatic rings. The van der Waals surface area contributed by atoms with E-state index in [4.69, 9.17) is 0 Å². The third kappa shape index (κ3) is 2.46. The highest BCUT2D eigenvalue weighted by Crippen LogP contribution is 2.44. The lowest BCUT2D eigenvalue weighted by molar-refractivity contribution is -0.384. The van der Waals surface area contributed by atoms with Crippen molar-refractivity contribution in [1.82, 2.24) is 4.90 Å². The second-order valence-corrected chi connectivity index (χ2v) is 6.50. The molecule has 1 unspecified atom stereocenters. The molecule has 2 fully saturated rings. The van der Waals surface area contributed by atoms with Crippen molar-refractivity contribution in [2.24, 2.45) is 0 Å². The molecule has 8 heteroatoms. The van der Waals surface area contributed by atoms with E-state index >= 15 is 0 Å². The van der Waals surface area contributed by atoms with Crippen LogP contribution in [0, 0.1) is 10.1 Å². The first kappa shape index (κ1) is 16.3. The van der Waals surface area contributed by atoms with Gasteiger partial charge in [-0.3, -0.25) is 24.7 Å². The molecule has 0 aromatic heterocycles. The Labute approximate surface area is 149 Å². The number of fused-ring (bicyclic) bond motifs is 1. The van der Waals surface area contributed by atoms with Crippen LogP contribution in [0.4, 0.5) is 11.4 Å². The van der Waals surface area contributed by atoms with Crippen LogP contribution in [0.2, 0.25) is 0 Å². The molecule has 0 aliphatic carbocycles. The number of hydrogen-bond acceptors (Lipinski definition) is 6. The number of benzene rings is 2. The first-order valence-electron chi connectivity index (χ1n) is 8.32. The number of phenolic OH excluding ortho intramolecular Hbond substituents is 2. The number of aromatic hydroxyl groups is 2. The molecule has 0 saturated carbocycles. The van der Waals surface area contributed by atoms with Crippen molar-refractivity contribution in [2.75, 3.05) is 11.4 Å². The van der Waals surface area contributed by atoms with Gasteiger partial charge in [0.2, 0.25) is 5.91 Å². The lowest BCUT2D eigenvalue weighted by atomic mass is 10.1. The van der Waals surface area contributed by atoms with Crippen molar-refractivity contribution >= 4 is 17.3 Å². The Morgan fingerprint density at radius 1 is 1.08 bits per heavy atom. The monoisotopic (exact) mass is 355 g/mol. The number of amides is 1. The topological polar surface area (TPSA) is 107 Å². The maximum absolute atomic E-state index is 13.0. The third-order valence-corrected chi connectivity index (χ3v) is 5.01. The third-order valence-electron chi connectivity index (χ3n) is 5.01. The summed E-state index contributed by atoms with van der Waals surface area (Å²) in [5.41, 5.74) is 1.20. The van der Waals surface area contributed by atoms with Crippen LogP contribution in [0.15, 0.2) is 42.5 Å². The van der Waals surface area contributed by atoms with Gasteiger partial charge < -0.3 is 10.2 Å². The first-order chi connectivity index (χ1) is 12.5. The molecule has 8 nitrogen and oxygen atoms in total. The Morgan fingerprint density at radius 2 is 1.81 bits per heavy atom. The number of nitro groups is 1. The lowest BCUT2D eigenvalue weighted by Gasteiger charge is -2.29. The fourth-order valence-corrected chi connectivity index (χ4v) is 3.82. The zero-order valence-electron chi connectivity index (χ0n) is 13.8. The molecule has 0 bridgehead atoms. The molecule has 2 N–H and O–H groups in total. The second-order valence-electron chi connectivity index (χ2n) is 6.50. The summed E-state index contributed by atoms with van der Waals surface area (Å²) >= 11 is 0. The zero-order chi connectivity index (χ0) is 18.4. The van der Waals surface area contributed by atoms with Gasteiger partial charge in [-0.25, -0.2) is 0 Å². The van der Waals surface area contributed by atoms with E-state index in [1.807, 2.05) is 0 Å². The van der Waals surface area contributed by atoms with Crippen molar-refractivity contribution in [2.45, 2.75) is 25.0 Å². The van der Waals surface area contributed by atoms with E-state index in [0.29, 0.717) is 11.3 Å². The van der Waals surface area contributed by atoms with Crippen LogP contribution < -0.4 is 4.90 Å². The van der Waals surface area contributed by atoms with E-state index in [1.54, 1.807) is 23.1 Å². The predicted molar refractivity (Wildman–Crippen MR) is 92.8 cm³/mol. The van der Waals surface area contributed by atoms with Gasteiger partial charge in [-0.1, -0.05) is 6.07 Å². The van der Waals surface area contributed by atoms with Crippen molar-refractivity contribution in [3.63, 3.8) is 0 Å². The minimum atomic E-state index is -0.483. The van der Waals surface area contributed by atoms with Gasteiger partial charge in [0.15, 0.2) is 11.5 Å². The van der Waals surface area contributed by atoms with Crippen LogP contribution in [-0.2, 0) is 4.79 Å². The number of carbonyl (C=O) groups excluding carboxylic acids is 1. The highest BCUT2D eigenvalue weighted by Gasteiger charge is 2.49. The van der Waals surface area contributed by atoms with Gasteiger partial charge in [0.1, 0.15) is 6.17 Å². The summed E-state index contributed by atoms with van der Waals surface area (Å²) in [6.07, 6.45) is 1.23. The van der Waals surface area contributed by atoms with Gasteiger partial charge in [0.25, 0.3) is 5.69 Å². The highest BCUT2D eigenvalue weighted by molar-refractivity contribution is 6.00. The molecule has 2 saturated heterocycles. The van der Waals surface area contributed by atoms with Gasteiger partial charge in [-0.2, -0.15) is 0 Å². The predicted octanol–water partition coefficient (Wildman–Crippen LogP) is 2.52. The maximum Gasteiger partial charge on any atom is 0.269 e. The average Bonchev–Trinajstić information content (AvgIpc) is 3.20. The van der Waals surface area contributed by atoms with Crippen molar-refractivity contribution in [1.29, 1.82) is 0 Å². The molecule has 1 amide bonds. The largest absolute Gasteiger partial charge is 0.504 e. The van der Waals surface area contributed by atoms with E-state index in [2.05, 4.69) is 4.90 Å². The average molecular weight is 355 g/mol. The number of non-ortho nitro benzene ring substituents is 1. The van der Waals surface area contributed by atoms with Crippen LogP contribution in [0.25, 0.3) is 0 Å². The molecule has 0 radical (unpaired) electrons. The SMILES string of the molecule is O=C1[C@@H]2CCCN2C(c2ccc(O)c(O)c2)N1c1ccc([N+](=O)[O-])cc1. The summed E-state index contributed by atoms with van der Waals surface area (Å²) < 4.78 is 0. The fraction of sp³-hybridized carbons (Fsp3) is 0.278. The molecule has 4 rings (SSSR count). The number of nitrogens with zero attached hydrogens (tertiary/aromatic N) is 3. The maximum atomic E-state index is 13.0. The standard InChI is InChI=1S/C18H17N3O5/c22-15-8-3-11(10-16(15)23)17-19-9-1-2-14(19)18(24)20(17)12-4-6-13(7-5-12)21(25)26/h3-8,10,14,17,22-23H,1-2,9H2/t14-,17?/m0/s1. The van der Waals surface area contributed by atoms with Crippen molar-refractivity contribution in [3.8, 4) is 11.5 Å². The van der Waals surface area contributed by atoms with E-state index in [9.17, 15) is 25.1 Å². The summed E-state index contributed by atoms with van der Waals surface area (Å²) in [6, 6.07) is 10.1. The van der Waals surface area contributed by atoms with Crippen LogP contribution in [0.3, 0.4) is 0 Å². The number of anilines is 1. The van der Waals surface area contributed by atoms with Crippen molar-refractivity contribution in [3.05, 3.63) is 58.1 Å². The van der Waals surface area contributed by atoms with Gasteiger partial charge in [0.05, 0.1) is 11.0 Å². The smallest absolute Gasteiger partial charge is 0.269 e. The van der Waals surface area contributed by atoms with Gasteiger partial charge >= 0.3 is 0 Å². The van der Waals surface area contributed by atoms with Crippen LogP contribution >= 0.6 is 0 Å². The van der Waals surface area contributed by atoms with E-state index in [0.717, 1.165) is 19.4 Å². The minimum Gasteiger partial charge on any atom is -0.504 e. The number of carbonyl (C=O) groups is 1. The number of rotatable bonds is 3. The lowest BCUT2D eigenvalue weighted by Crippen LogP contribution is -2.32. The van der Waals surface area contributed by atoms with Crippen LogP contribution in [-0.4, -0.2) is 38.5 Å². The summed E-state index contributed by atoms with van der Waals surface area (Å²) in [5, 5.41) is 30.3. The van der Waals surface area contributed by atoms with Crippen LogP contribution in [0.1, 0.15) is 24.6 Å². The van der Waals surface area contributed by atoms with Crippen molar-refractivity contribution < 1.29 is 19.9 Å². The molecular formula is C18H17N3O5. The summed E-state index contributed by atoms with van der Waals surface area (Å²) in [5.74, 6) is -0.534. The Hall–Kier alpha value is -3.13. The second kappa shape index (κ2) is 5.99. The molecule has 2 heterocycles. The molecule has 134 valence electrons. The van der Waals surface area contributed by atoms with Gasteiger partial charge in [-0.15, -0.1) is 0 Å². The minimum absolute atomic E-state index is 0.0419. The quantitative estimate of drug-likeness (QED) is 0.498. The summed E-state index contributed by atoms with van der Waals surface area (Å²) in [4.78, 5) is 27.1. The number of phenols is 2. The van der Waals surface area contributed by atoms with Gasteiger partial charge in [-0.05, 0) is 42.7 Å². The Kier molecular flexibility index (Phi) is 3.77. The van der Waals surface area contributed by atoms with E-state index < -0.39 is 11.1 Å².